The van der Waals surface area contributed by atoms with Crippen LogP contribution in [0.3, 0.4) is 0 Å². The summed E-state index contributed by atoms with van der Waals surface area (Å²) >= 11 is 0. The van der Waals surface area contributed by atoms with E-state index in [2.05, 4.69) is 44.2 Å². The molecule has 0 atom stereocenters. The number of rotatable bonds is 8. The molecule has 2 aromatic heterocycles. The van der Waals surface area contributed by atoms with E-state index in [0.29, 0.717) is 12.5 Å². The molecule has 3 rings (SSSR count). The highest BCUT2D eigenvalue weighted by molar-refractivity contribution is 14.0. The van der Waals surface area contributed by atoms with Crippen LogP contribution in [0, 0.1) is 5.92 Å². The first-order valence-electron chi connectivity index (χ1n) is 10.0. The summed E-state index contributed by atoms with van der Waals surface area (Å²) in [7, 11) is 0. The number of aliphatic imine (C=N–C) groups is 1. The molecule has 7 heteroatoms. The van der Waals surface area contributed by atoms with E-state index in [1.54, 1.807) is 6.26 Å². The molecule has 158 valence electrons. The molecule has 0 aromatic carbocycles. The molecule has 3 heterocycles. The van der Waals surface area contributed by atoms with Crippen molar-refractivity contribution in [3.8, 4) is 0 Å². The number of hydrogen-bond acceptors (Lipinski definition) is 4. The van der Waals surface area contributed by atoms with Crippen LogP contribution in [-0.4, -0.2) is 43.7 Å². The zero-order chi connectivity index (χ0) is 19.6. The summed E-state index contributed by atoms with van der Waals surface area (Å²) in [5.74, 6) is 2.49. The first kappa shape index (κ1) is 23.3. The van der Waals surface area contributed by atoms with Crippen LogP contribution in [0.5, 0.6) is 0 Å². The topological polar surface area (TPSA) is 65.7 Å². The number of hydrogen-bond donors (Lipinski definition) is 2. The third-order valence-electron chi connectivity index (χ3n) is 4.95. The minimum atomic E-state index is 0. The number of furan rings is 1. The Balaban J connectivity index is 0.00000300. The number of piperidine rings is 1. The van der Waals surface area contributed by atoms with Crippen molar-refractivity contribution >= 4 is 35.6 Å². The second-order valence-electron chi connectivity index (χ2n) is 7.39. The second kappa shape index (κ2) is 12.5. The average molecular weight is 509 g/mol. The number of nitrogens with one attached hydrogen (secondary N) is 2. The lowest BCUT2D eigenvalue weighted by Crippen LogP contribution is -2.43. The number of anilines is 1. The zero-order valence-corrected chi connectivity index (χ0v) is 19.5. The van der Waals surface area contributed by atoms with Gasteiger partial charge < -0.3 is 20.0 Å². The van der Waals surface area contributed by atoms with Gasteiger partial charge in [-0.2, -0.15) is 0 Å². The van der Waals surface area contributed by atoms with E-state index in [-0.39, 0.29) is 24.0 Å². The largest absolute Gasteiger partial charge is 0.469 e. The summed E-state index contributed by atoms with van der Waals surface area (Å²) < 4.78 is 5.39. The van der Waals surface area contributed by atoms with E-state index in [4.69, 9.17) is 4.42 Å². The maximum absolute atomic E-state index is 5.39. The van der Waals surface area contributed by atoms with E-state index >= 15 is 0 Å². The smallest absolute Gasteiger partial charge is 0.191 e. The quantitative estimate of drug-likeness (QED) is 0.245. The van der Waals surface area contributed by atoms with Gasteiger partial charge in [0.05, 0.1) is 12.8 Å². The third kappa shape index (κ3) is 8.08. The molecule has 1 fully saturated rings. The number of nitrogens with zero attached hydrogens (tertiary/aromatic N) is 3. The zero-order valence-electron chi connectivity index (χ0n) is 17.1. The lowest BCUT2D eigenvalue weighted by Gasteiger charge is -2.33. The Bertz CT molecular complexity index is 740. The molecule has 0 unspecified atom stereocenters. The first-order valence-corrected chi connectivity index (χ1v) is 10.0. The van der Waals surface area contributed by atoms with Gasteiger partial charge in [-0.05, 0) is 49.9 Å². The van der Waals surface area contributed by atoms with Gasteiger partial charge in [-0.25, -0.2) is 4.99 Å². The summed E-state index contributed by atoms with van der Waals surface area (Å²) in [4.78, 5) is 11.2. The van der Waals surface area contributed by atoms with Gasteiger partial charge in [-0.15, -0.1) is 24.0 Å². The van der Waals surface area contributed by atoms with Crippen LogP contribution in [0.1, 0.15) is 25.5 Å². The molecule has 0 bridgehead atoms. The van der Waals surface area contributed by atoms with E-state index < -0.39 is 0 Å². The number of halogens is 1. The number of guanidine groups is 1. The lowest BCUT2D eigenvalue weighted by atomic mass is 9.96. The maximum atomic E-state index is 5.39. The Kier molecular flexibility index (Phi) is 10.0. The van der Waals surface area contributed by atoms with Crippen LogP contribution >= 0.6 is 24.0 Å². The molecule has 0 aliphatic carbocycles. The summed E-state index contributed by atoms with van der Waals surface area (Å²) in [6.07, 6.45) is 8.63. The van der Waals surface area contributed by atoms with Crippen molar-refractivity contribution in [3.05, 3.63) is 60.8 Å². The van der Waals surface area contributed by atoms with Crippen LogP contribution in [-0.2, 0) is 6.42 Å². The standard InChI is InChI=1S/C22H31N5O.HI/c1-18(2)16-25-22(24-12-7-21-4-3-15-28-21)26-17-19-8-13-27(14-9-19)20-5-10-23-11-6-20;/h3-6,10-11,15,19H,1,7-9,12-14,16-17H2,2H3,(H2,24,25,26);1H. The van der Waals surface area contributed by atoms with Gasteiger partial charge in [0.1, 0.15) is 5.76 Å². The van der Waals surface area contributed by atoms with Crippen molar-refractivity contribution in [1.82, 2.24) is 15.6 Å². The van der Waals surface area contributed by atoms with Crippen LogP contribution in [0.15, 0.2) is 64.5 Å². The lowest BCUT2D eigenvalue weighted by molar-refractivity contribution is 0.400. The second-order valence-corrected chi connectivity index (χ2v) is 7.39. The SMILES string of the molecule is C=C(C)CN=C(NCCc1ccco1)NCC1CCN(c2ccncc2)CC1.I. The maximum Gasteiger partial charge on any atom is 0.191 e. The van der Waals surface area contributed by atoms with Gasteiger partial charge in [-0.3, -0.25) is 4.98 Å². The number of aromatic nitrogens is 1. The molecular weight excluding hydrogens is 477 g/mol. The molecule has 0 saturated carbocycles. The molecule has 1 aliphatic rings. The predicted octanol–water partition coefficient (Wildman–Crippen LogP) is 3.86. The van der Waals surface area contributed by atoms with Gasteiger partial charge >= 0.3 is 0 Å². The van der Waals surface area contributed by atoms with E-state index in [9.17, 15) is 0 Å². The van der Waals surface area contributed by atoms with Gasteiger partial charge in [-0.1, -0.05) is 12.2 Å². The average Bonchev–Trinajstić information content (AvgIpc) is 3.24. The van der Waals surface area contributed by atoms with Crippen molar-refractivity contribution in [2.75, 3.05) is 37.6 Å². The monoisotopic (exact) mass is 509 g/mol. The molecule has 6 nitrogen and oxygen atoms in total. The molecule has 1 aliphatic heterocycles. The Morgan fingerprint density at radius 3 is 2.66 bits per heavy atom. The Morgan fingerprint density at radius 1 is 1.24 bits per heavy atom. The summed E-state index contributed by atoms with van der Waals surface area (Å²) in [6, 6.07) is 8.09. The van der Waals surface area contributed by atoms with Crippen LogP contribution in [0.25, 0.3) is 0 Å². The normalized spacial score (nSPS) is 14.9. The minimum Gasteiger partial charge on any atom is -0.469 e. The highest BCUT2D eigenvalue weighted by Gasteiger charge is 2.19. The Morgan fingerprint density at radius 2 is 2.00 bits per heavy atom. The molecular formula is C22H32IN5O. The fourth-order valence-corrected chi connectivity index (χ4v) is 3.34. The fraction of sp³-hybridized carbons (Fsp3) is 0.455. The Hall–Kier alpha value is -2.03. The van der Waals surface area contributed by atoms with Gasteiger partial charge in [0.2, 0.25) is 0 Å². The molecule has 2 N–H and O–H groups in total. The van der Waals surface area contributed by atoms with E-state index in [0.717, 1.165) is 49.9 Å². The Labute approximate surface area is 190 Å². The van der Waals surface area contributed by atoms with Crippen LogP contribution in [0.2, 0.25) is 0 Å². The summed E-state index contributed by atoms with van der Waals surface area (Å²) in [5, 5.41) is 6.93. The van der Waals surface area contributed by atoms with Crippen LogP contribution in [0.4, 0.5) is 5.69 Å². The minimum absolute atomic E-state index is 0. The number of pyridine rings is 1. The highest BCUT2D eigenvalue weighted by atomic mass is 127. The highest BCUT2D eigenvalue weighted by Crippen LogP contribution is 2.22. The van der Waals surface area contributed by atoms with Crippen molar-refractivity contribution in [3.63, 3.8) is 0 Å². The van der Waals surface area contributed by atoms with E-state index in [1.165, 1.54) is 18.5 Å². The van der Waals surface area contributed by atoms with Gasteiger partial charge in [0.15, 0.2) is 5.96 Å². The molecule has 0 amide bonds. The molecule has 29 heavy (non-hydrogen) atoms. The third-order valence-corrected chi connectivity index (χ3v) is 4.95. The molecule has 2 aromatic rings. The van der Waals surface area contributed by atoms with Crippen LogP contribution < -0.4 is 15.5 Å². The summed E-state index contributed by atoms with van der Waals surface area (Å²) in [6.45, 7) is 10.5. The van der Waals surface area contributed by atoms with Gasteiger partial charge in [0.25, 0.3) is 0 Å². The van der Waals surface area contributed by atoms with Crippen molar-refractivity contribution in [1.29, 1.82) is 0 Å². The van der Waals surface area contributed by atoms with E-state index in [1.807, 2.05) is 31.5 Å². The fourth-order valence-electron chi connectivity index (χ4n) is 3.34. The molecule has 0 spiro atoms. The van der Waals surface area contributed by atoms with Gasteiger partial charge in [0, 0.05) is 50.7 Å². The molecule has 1 saturated heterocycles. The molecule has 0 radical (unpaired) electrons. The van der Waals surface area contributed by atoms with Crippen molar-refractivity contribution in [2.24, 2.45) is 10.9 Å². The van der Waals surface area contributed by atoms with Crippen molar-refractivity contribution in [2.45, 2.75) is 26.2 Å². The summed E-state index contributed by atoms with van der Waals surface area (Å²) in [5.41, 5.74) is 2.32. The predicted molar refractivity (Wildman–Crippen MR) is 130 cm³/mol. The van der Waals surface area contributed by atoms with Crippen molar-refractivity contribution < 1.29 is 4.42 Å². The first-order chi connectivity index (χ1) is 13.7.